The smallest absolute Gasteiger partial charge is 0.237 e. The number of fused-ring (bicyclic) bond motifs is 3. The lowest BCUT2D eigenvalue weighted by Crippen LogP contribution is -2.23. The highest BCUT2D eigenvalue weighted by Crippen LogP contribution is 2.28. The predicted molar refractivity (Wildman–Crippen MR) is 115 cm³/mol. The molecule has 0 fully saturated rings. The van der Waals surface area contributed by atoms with Crippen LogP contribution in [-0.4, -0.2) is 25.8 Å². The summed E-state index contributed by atoms with van der Waals surface area (Å²) in [4.78, 5) is 12.8. The Hall–Kier alpha value is -2.86. The van der Waals surface area contributed by atoms with Crippen LogP contribution in [0, 0.1) is 20.8 Å². The van der Waals surface area contributed by atoms with Gasteiger partial charge in [0.1, 0.15) is 0 Å². The molecule has 142 valence electrons. The molecule has 1 N–H and O–H groups in total. The molecule has 4 aromatic rings. The van der Waals surface area contributed by atoms with E-state index in [0.29, 0.717) is 0 Å². The molecule has 2 aromatic carbocycles. The Morgan fingerprint density at radius 1 is 1.04 bits per heavy atom. The number of para-hydroxylation sites is 1. The summed E-state index contributed by atoms with van der Waals surface area (Å²) in [5, 5.41) is 13.3. The van der Waals surface area contributed by atoms with Gasteiger partial charge in [-0.25, -0.2) is 0 Å². The third kappa shape index (κ3) is 3.36. The molecule has 1 amide bonds. The van der Waals surface area contributed by atoms with Gasteiger partial charge in [-0.05, 0) is 62.6 Å². The van der Waals surface area contributed by atoms with E-state index in [9.17, 15) is 4.79 Å². The van der Waals surface area contributed by atoms with Crippen molar-refractivity contribution >= 4 is 39.9 Å². The van der Waals surface area contributed by atoms with Crippen molar-refractivity contribution in [1.29, 1.82) is 0 Å². The van der Waals surface area contributed by atoms with Crippen molar-refractivity contribution in [3.63, 3.8) is 0 Å². The van der Waals surface area contributed by atoms with E-state index in [1.807, 2.05) is 61.6 Å². The molecule has 1 unspecified atom stereocenters. The number of benzene rings is 2. The first-order chi connectivity index (χ1) is 13.4. The number of hydrogen-bond acceptors (Lipinski definition) is 4. The normalized spacial score (nSPS) is 12.4. The van der Waals surface area contributed by atoms with Gasteiger partial charge in [-0.1, -0.05) is 42.1 Å². The van der Waals surface area contributed by atoms with Crippen molar-refractivity contribution in [2.24, 2.45) is 0 Å². The third-order valence-corrected chi connectivity index (χ3v) is 5.92. The lowest BCUT2D eigenvalue weighted by Gasteiger charge is -2.14. The van der Waals surface area contributed by atoms with Crippen LogP contribution in [0.3, 0.4) is 0 Å². The number of anilines is 1. The summed E-state index contributed by atoms with van der Waals surface area (Å²) in [5.41, 5.74) is 6.02. The maximum Gasteiger partial charge on any atom is 0.237 e. The summed E-state index contributed by atoms with van der Waals surface area (Å²) in [6, 6.07) is 16.3. The van der Waals surface area contributed by atoms with Crippen LogP contribution < -0.4 is 5.32 Å². The van der Waals surface area contributed by atoms with E-state index in [1.54, 1.807) is 0 Å². The van der Waals surface area contributed by atoms with Gasteiger partial charge in [0.05, 0.1) is 10.8 Å². The molecule has 28 heavy (non-hydrogen) atoms. The van der Waals surface area contributed by atoms with E-state index < -0.39 is 0 Å². The van der Waals surface area contributed by atoms with Crippen LogP contribution >= 0.6 is 11.8 Å². The van der Waals surface area contributed by atoms with Crippen LogP contribution in [0.25, 0.3) is 16.6 Å². The number of rotatable bonds is 4. The van der Waals surface area contributed by atoms with Crippen LogP contribution in [0.1, 0.15) is 23.6 Å². The third-order valence-electron chi connectivity index (χ3n) is 4.88. The maximum absolute atomic E-state index is 12.8. The SMILES string of the molecule is Cc1ccc(C)c(NC(=O)C(C)Sc2nnc3cc(C)c4ccccc4n23)c1. The Labute approximate surface area is 168 Å². The number of amides is 1. The Morgan fingerprint density at radius 2 is 1.82 bits per heavy atom. The monoisotopic (exact) mass is 390 g/mol. The number of aromatic nitrogens is 3. The van der Waals surface area contributed by atoms with Gasteiger partial charge in [0.15, 0.2) is 10.8 Å². The molecule has 5 nitrogen and oxygen atoms in total. The zero-order chi connectivity index (χ0) is 19.8. The second-order valence-corrected chi connectivity index (χ2v) is 8.40. The fourth-order valence-electron chi connectivity index (χ4n) is 3.27. The van der Waals surface area contributed by atoms with E-state index in [4.69, 9.17) is 0 Å². The first-order valence-corrected chi connectivity index (χ1v) is 10.1. The van der Waals surface area contributed by atoms with Crippen molar-refractivity contribution in [2.75, 3.05) is 5.32 Å². The van der Waals surface area contributed by atoms with Crippen LogP contribution in [0.2, 0.25) is 0 Å². The van der Waals surface area contributed by atoms with Gasteiger partial charge >= 0.3 is 0 Å². The molecular weight excluding hydrogens is 368 g/mol. The summed E-state index contributed by atoms with van der Waals surface area (Å²) in [6.07, 6.45) is 0. The standard InChI is InChI=1S/C22H22N4OS/c1-13-9-10-14(2)18(11-13)23-21(27)16(4)28-22-25-24-20-12-15(3)17-7-5-6-8-19(17)26(20)22/h5-12,16H,1-4H3,(H,23,27). The van der Waals surface area contributed by atoms with Gasteiger partial charge in [0, 0.05) is 11.1 Å². The predicted octanol–water partition coefficient (Wildman–Crippen LogP) is 4.93. The molecule has 0 saturated heterocycles. The quantitative estimate of drug-likeness (QED) is 0.502. The van der Waals surface area contributed by atoms with Crippen molar-refractivity contribution in [3.8, 4) is 0 Å². The number of hydrogen-bond donors (Lipinski definition) is 1. The topological polar surface area (TPSA) is 59.3 Å². The van der Waals surface area contributed by atoms with Crippen LogP contribution in [-0.2, 0) is 4.79 Å². The summed E-state index contributed by atoms with van der Waals surface area (Å²) in [6.45, 7) is 7.97. The lowest BCUT2D eigenvalue weighted by molar-refractivity contribution is -0.115. The number of carbonyl (C=O) groups is 1. The largest absolute Gasteiger partial charge is 0.325 e. The number of carbonyl (C=O) groups excluding carboxylic acids is 1. The summed E-state index contributed by atoms with van der Waals surface area (Å²) in [5.74, 6) is -0.0492. The highest BCUT2D eigenvalue weighted by molar-refractivity contribution is 8.00. The number of nitrogens with zero attached hydrogens (tertiary/aromatic N) is 3. The Bertz CT molecular complexity index is 1200. The molecular formula is C22H22N4OS. The van der Waals surface area contributed by atoms with Gasteiger partial charge < -0.3 is 5.32 Å². The number of aryl methyl sites for hydroxylation is 3. The molecule has 2 aromatic heterocycles. The fraction of sp³-hybridized carbons (Fsp3) is 0.227. The van der Waals surface area contributed by atoms with E-state index >= 15 is 0 Å². The second-order valence-electron chi connectivity index (χ2n) is 7.09. The number of thioether (sulfide) groups is 1. The molecule has 6 heteroatoms. The maximum atomic E-state index is 12.8. The minimum Gasteiger partial charge on any atom is -0.325 e. The summed E-state index contributed by atoms with van der Waals surface area (Å²) in [7, 11) is 0. The lowest BCUT2D eigenvalue weighted by atomic mass is 10.1. The zero-order valence-electron chi connectivity index (χ0n) is 16.4. The van der Waals surface area contributed by atoms with Crippen molar-refractivity contribution in [1.82, 2.24) is 14.6 Å². The Morgan fingerprint density at radius 3 is 2.64 bits per heavy atom. The molecule has 4 rings (SSSR count). The molecule has 0 spiro atoms. The van der Waals surface area contributed by atoms with Crippen LogP contribution in [0.15, 0.2) is 53.7 Å². The van der Waals surface area contributed by atoms with Crippen LogP contribution in [0.4, 0.5) is 5.69 Å². The minimum atomic E-state index is -0.313. The van der Waals surface area contributed by atoms with Gasteiger partial charge in [-0.3, -0.25) is 9.20 Å². The van der Waals surface area contributed by atoms with Gasteiger partial charge in [0.2, 0.25) is 5.91 Å². The fourth-order valence-corrected chi connectivity index (χ4v) is 4.14. The molecule has 0 bridgehead atoms. The van der Waals surface area contributed by atoms with E-state index in [2.05, 4.69) is 34.6 Å². The van der Waals surface area contributed by atoms with Gasteiger partial charge in [-0.2, -0.15) is 0 Å². The first-order valence-electron chi connectivity index (χ1n) is 9.22. The molecule has 0 aliphatic rings. The molecule has 1 atom stereocenters. The average molecular weight is 391 g/mol. The second kappa shape index (κ2) is 7.28. The van der Waals surface area contributed by atoms with E-state index in [1.165, 1.54) is 11.8 Å². The van der Waals surface area contributed by atoms with E-state index in [-0.39, 0.29) is 11.2 Å². The highest BCUT2D eigenvalue weighted by atomic mass is 32.2. The first kappa shape index (κ1) is 18.5. The zero-order valence-corrected chi connectivity index (χ0v) is 17.2. The molecule has 0 aliphatic heterocycles. The van der Waals surface area contributed by atoms with Crippen molar-refractivity contribution in [2.45, 2.75) is 38.1 Å². The van der Waals surface area contributed by atoms with Crippen molar-refractivity contribution in [3.05, 3.63) is 65.2 Å². The number of nitrogens with one attached hydrogen (secondary N) is 1. The van der Waals surface area contributed by atoms with Gasteiger partial charge in [-0.15, -0.1) is 10.2 Å². The Kier molecular flexibility index (Phi) is 4.81. The highest BCUT2D eigenvalue weighted by Gasteiger charge is 2.20. The van der Waals surface area contributed by atoms with E-state index in [0.717, 1.165) is 44.1 Å². The molecule has 0 radical (unpaired) electrons. The summed E-state index contributed by atoms with van der Waals surface area (Å²) >= 11 is 1.42. The summed E-state index contributed by atoms with van der Waals surface area (Å²) < 4.78 is 2.02. The average Bonchev–Trinajstić information content (AvgIpc) is 3.07. The molecule has 0 aliphatic carbocycles. The number of pyridine rings is 1. The Balaban J connectivity index is 1.63. The minimum absolute atomic E-state index is 0.0492. The molecule has 2 heterocycles. The van der Waals surface area contributed by atoms with Crippen molar-refractivity contribution < 1.29 is 4.79 Å². The van der Waals surface area contributed by atoms with Crippen LogP contribution in [0.5, 0.6) is 0 Å². The van der Waals surface area contributed by atoms with Gasteiger partial charge in [0.25, 0.3) is 0 Å². The molecule has 0 saturated carbocycles.